The van der Waals surface area contributed by atoms with E-state index in [1.54, 1.807) is 0 Å². The lowest BCUT2D eigenvalue weighted by atomic mass is 9.81. The van der Waals surface area contributed by atoms with Crippen LogP contribution >= 0.6 is 0 Å². The van der Waals surface area contributed by atoms with Gasteiger partial charge in [0.05, 0.1) is 25.0 Å². The maximum absolute atomic E-state index is 12.3. The molecule has 1 saturated carbocycles. The topological polar surface area (TPSA) is 52.6 Å². The van der Waals surface area contributed by atoms with E-state index >= 15 is 0 Å². The minimum absolute atomic E-state index is 0.113. The summed E-state index contributed by atoms with van der Waals surface area (Å²) in [6.07, 6.45) is 17.3. The number of carbonyl (C=O) groups excluding carboxylic acids is 2. The van der Waals surface area contributed by atoms with Crippen LogP contribution in [-0.4, -0.2) is 25.2 Å². The number of rotatable bonds is 16. The Balaban J connectivity index is 2.03. The van der Waals surface area contributed by atoms with Crippen LogP contribution in [0.1, 0.15) is 117 Å². The highest BCUT2D eigenvalue weighted by Gasteiger charge is 2.33. The molecule has 0 aromatic heterocycles. The van der Waals surface area contributed by atoms with E-state index in [1.807, 2.05) is 13.8 Å². The van der Waals surface area contributed by atoms with Crippen LogP contribution in [-0.2, 0) is 19.1 Å². The standard InChI is InChI=1S/C25H46O4/c1-4-5-6-7-8-9-10-11-12-13-14-18-28-24(26)22-16-15-17-23(19-22)25(27)29-20-21(2)3/h21-23H,4-20H2,1-3H3. The average molecular weight is 411 g/mol. The van der Waals surface area contributed by atoms with Crippen molar-refractivity contribution in [3.63, 3.8) is 0 Å². The van der Waals surface area contributed by atoms with Crippen molar-refractivity contribution in [2.75, 3.05) is 13.2 Å². The third-order valence-corrected chi connectivity index (χ3v) is 5.89. The summed E-state index contributed by atoms with van der Waals surface area (Å²) in [6, 6.07) is 0. The van der Waals surface area contributed by atoms with Gasteiger partial charge in [-0.25, -0.2) is 0 Å². The van der Waals surface area contributed by atoms with Crippen LogP contribution in [0.5, 0.6) is 0 Å². The molecule has 0 aromatic rings. The molecule has 2 atom stereocenters. The van der Waals surface area contributed by atoms with Crippen molar-refractivity contribution in [1.82, 2.24) is 0 Å². The van der Waals surface area contributed by atoms with Gasteiger partial charge >= 0.3 is 11.9 Å². The van der Waals surface area contributed by atoms with Crippen molar-refractivity contribution < 1.29 is 19.1 Å². The van der Waals surface area contributed by atoms with Crippen LogP contribution in [0.25, 0.3) is 0 Å². The van der Waals surface area contributed by atoms with Gasteiger partial charge in [-0.3, -0.25) is 9.59 Å². The molecule has 4 heteroatoms. The number of unbranched alkanes of at least 4 members (excludes halogenated alkanes) is 10. The Labute approximate surface area is 179 Å². The molecule has 1 aliphatic rings. The predicted octanol–water partition coefficient (Wildman–Crippen LogP) is 6.85. The Morgan fingerprint density at radius 3 is 1.76 bits per heavy atom. The maximum Gasteiger partial charge on any atom is 0.308 e. The molecule has 0 aromatic carbocycles. The summed E-state index contributed by atoms with van der Waals surface area (Å²) >= 11 is 0. The normalized spacial score (nSPS) is 19.3. The minimum atomic E-state index is -0.137. The highest BCUT2D eigenvalue weighted by molar-refractivity contribution is 5.76. The number of ether oxygens (including phenoxy) is 2. The Kier molecular flexibility index (Phi) is 15.0. The van der Waals surface area contributed by atoms with Crippen molar-refractivity contribution in [3.05, 3.63) is 0 Å². The number of hydrogen-bond donors (Lipinski definition) is 0. The van der Waals surface area contributed by atoms with Gasteiger partial charge in [0.25, 0.3) is 0 Å². The van der Waals surface area contributed by atoms with Crippen molar-refractivity contribution in [1.29, 1.82) is 0 Å². The summed E-state index contributed by atoms with van der Waals surface area (Å²) in [5, 5.41) is 0. The molecular weight excluding hydrogens is 364 g/mol. The minimum Gasteiger partial charge on any atom is -0.465 e. The number of hydrogen-bond acceptors (Lipinski definition) is 4. The van der Waals surface area contributed by atoms with E-state index in [0.717, 1.165) is 32.1 Å². The van der Waals surface area contributed by atoms with E-state index in [-0.39, 0.29) is 23.8 Å². The van der Waals surface area contributed by atoms with Gasteiger partial charge in [0.2, 0.25) is 0 Å². The second-order valence-corrected chi connectivity index (χ2v) is 9.29. The van der Waals surface area contributed by atoms with Gasteiger partial charge < -0.3 is 9.47 Å². The molecule has 29 heavy (non-hydrogen) atoms. The molecular formula is C25H46O4. The highest BCUT2D eigenvalue weighted by atomic mass is 16.5. The first kappa shape index (κ1) is 26.0. The Morgan fingerprint density at radius 1 is 0.759 bits per heavy atom. The second kappa shape index (κ2) is 16.7. The number of esters is 2. The number of carbonyl (C=O) groups is 2. The summed E-state index contributed by atoms with van der Waals surface area (Å²) in [6.45, 7) is 7.30. The summed E-state index contributed by atoms with van der Waals surface area (Å²) in [4.78, 5) is 24.5. The van der Waals surface area contributed by atoms with Gasteiger partial charge in [0, 0.05) is 0 Å². The Morgan fingerprint density at radius 2 is 1.24 bits per heavy atom. The van der Waals surface area contributed by atoms with Crippen molar-refractivity contribution in [2.45, 2.75) is 117 Å². The molecule has 0 heterocycles. The molecule has 0 radical (unpaired) electrons. The lowest BCUT2D eigenvalue weighted by Crippen LogP contribution is -2.30. The fraction of sp³-hybridized carbons (Fsp3) is 0.920. The summed E-state index contributed by atoms with van der Waals surface area (Å²) < 4.78 is 10.9. The van der Waals surface area contributed by atoms with Crippen LogP contribution in [0.4, 0.5) is 0 Å². The fourth-order valence-electron chi connectivity index (χ4n) is 4.04. The van der Waals surface area contributed by atoms with Gasteiger partial charge in [-0.2, -0.15) is 0 Å². The molecule has 0 N–H and O–H groups in total. The van der Waals surface area contributed by atoms with E-state index in [2.05, 4.69) is 6.92 Å². The predicted molar refractivity (Wildman–Crippen MR) is 119 cm³/mol. The molecule has 2 unspecified atom stereocenters. The molecule has 170 valence electrons. The molecule has 1 rings (SSSR count). The van der Waals surface area contributed by atoms with Crippen molar-refractivity contribution >= 4 is 11.9 Å². The lowest BCUT2D eigenvalue weighted by molar-refractivity contribution is -0.155. The summed E-state index contributed by atoms with van der Waals surface area (Å²) in [7, 11) is 0. The second-order valence-electron chi connectivity index (χ2n) is 9.29. The molecule has 1 fully saturated rings. The first-order chi connectivity index (χ1) is 14.0. The van der Waals surface area contributed by atoms with Gasteiger partial charge in [0.15, 0.2) is 0 Å². The molecule has 0 amide bonds. The third-order valence-electron chi connectivity index (χ3n) is 5.89. The fourth-order valence-corrected chi connectivity index (χ4v) is 4.04. The quantitative estimate of drug-likeness (QED) is 0.206. The van der Waals surface area contributed by atoms with E-state index in [0.29, 0.717) is 25.6 Å². The van der Waals surface area contributed by atoms with Gasteiger partial charge in [-0.15, -0.1) is 0 Å². The molecule has 1 aliphatic carbocycles. The smallest absolute Gasteiger partial charge is 0.308 e. The van der Waals surface area contributed by atoms with E-state index < -0.39 is 0 Å². The summed E-state index contributed by atoms with van der Waals surface area (Å²) in [5.41, 5.74) is 0. The van der Waals surface area contributed by atoms with E-state index in [4.69, 9.17) is 9.47 Å². The average Bonchev–Trinajstić information content (AvgIpc) is 2.72. The molecule has 4 nitrogen and oxygen atoms in total. The summed E-state index contributed by atoms with van der Waals surface area (Å²) in [5.74, 6) is -0.177. The molecule has 0 aliphatic heterocycles. The van der Waals surface area contributed by atoms with Crippen LogP contribution in [0.3, 0.4) is 0 Å². The molecule has 0 saturated heterocycles. The zero-order chi connectivity index (χ0) is 21.3. The van der Waals surface area contributed by atoms with Crippen LogP contribution < -0.4 is 0 Å². The monoisotopic (exact) mass is 410 g/mol. The van der Waals surface area contributed by atoms with Crippen LogP contribution in [0, 0.1) is 17.8 Å². The third kappa shape index (κ3) is 13.0. The van der Waals surface area contributed by atoms with Gasteiger partial charge in [0.1, 0.15) is 0 Å². The van der Waals surface area contributed by atoms with Crippen LogP contribution in [0.15, 0.2) is 0 Å². The van der Waals surface area contributed by atoms with Crippen LogP contribution in [0.2, 0.25) is 0 Å². The van der Waals surface area contributed by atoms with Crippen molar-refractivity contribution in [3.8, 4) is 0 Å². The van der Waals surface area contributed by atoms with E-state index in [9.17, 15) is 9.59 Å². The lowest BCUT2D eigenvalue weighted by Gasteiger charge is -2.26. The highest BCUT2D eigenvalue weighted by Crippen LogP contribution is 2.31. The Bertz CT molecular complexity index is 433. The Hall–Kier alpha value is -1.06. The SMILES string of the molecule is CCCCCCCCCCCCCOC(=O)C1CCCC(C(=O)OCC(C)C)C1. The van der Waals surface area contributed by atoms with Gasteiger partial charge in [-0.05, 0) is 31.6 Å². The first-order valence-corrected chi connectivity index (χ1v) is 12.4. The first-order valence-electron chi connectivity index (χ1n) is 12.4. The maximum atomic E-state index is 12.3. The zero-order valence-corrected chi connectivity index (χ0v) is 19.4. The van der Waals surface area contributed by atoms with Crippen molar-refractivity contribution in [2.24, 2.45) is 17.8 Å². The molecule has 0 spiro atoms. The zero-order valence-electron chi connectivity index (χ0n) is 19.4. The largest absolute Gasteiger partial charge is 0.465 e. The molecule has 0 bridgehead atoms. The van der Waals surface area contributed by atoms with Gasteiger partial charge in [-0.1, -0.05) is 91.4 Å². The van der Waals surface area contributed by atoms with E-state index in [1.165, 1.54) is 57.8 Å².